The summed E-state index contributed by atoms with van der Waals surface area (Å²) in [5.74, 6) is 0.150. The lowest BCUT2D eigenvalue weighted by Gasteiger charge is -2.41. The first-order valence-electron chi connectivity index (χ1n) is 7.50. The van der Waals surface area contributed by atoms with Gasteiger partial charge in [-0.25, -0.2) is 0 Å². The molecule has 116 valence electrons. The van der Waals surface area contributed by atoms with Crippen molar-refractivity contribution in [3.8, 4) is 0 Å². The first-order valence-corrected chi connectivity index (χ1v) is 8.29. The van der Waals surface area contributed by atoms with Gasteiger partial charge in [-0.05, 0) is 58.2 Å². The van der Waals surface area contributed by atoms with Crippen LogP contribution >= 0.6 is 15.9 Å². The Kier molecular flexibility index (Phi) is 4.50. The smallest absolute Gasteiger partial charge is 0.230 e. The van der Waals surface area contributed by atoms with E-state index in [4.69, 9.17) is 5.73 Å². The van der Waals surface area contributed by atoms with E-state index in [1.807, 2.05) is 44.7 Å². The van der Waals surface area contributed by atoms with Crippen molar-refractivity contribution < 1.29 is 4.79 Å². The van der Waals surface area contributed by atoms with E-state index in [1.165, 1.54) is 5.56 Å². The van der Waals surface area contributed by atoms with Crippen LogP contribution in [0.1, 0.15) is 52.1 Å². The second-order valence-electron chi connectivity index (χ2n) is 7.06. The highest BCUT2D eigenvalue weighted by Gasteiger charge is 2.45. The van der Waals surface area contributed by atoms with Crippen molar-refractivity contribution in [1.29, 1.82) is 0 Å². The van der Waals surface area contributed by atoms with Gasteiger partial charge in [0.25, 0.3) is 0 Å². The molecule has 0 aromatic heterocycles. The summed E-state index contributed by atoms with van der Waals surface area (Å²) in [6.07, 6.45) is 2.06. The normalized spacial score (nSPS) is 19.9. The summed E-state index contributed by atoms with van der Waals surface area (Å²) in [6.45, 7) is 8.57. The summed E-state index contributed by atoms with van der Waals surface area (Å²) in [4.78, 5) is 15.0. The Morgan fingerprint density at radius 2 is 2.00 bits per heavy atom. The summed E-state index contributed by atoms with van der Waals surface area (Å²) in [7, 11) is 0. The molecule has 2 rings (SSSR count). The quantitative estimate of drug-likeness (QED) is 0.897. The van der Waals surface area contributed by atoms with Gasteiger partial charge < -0.3 is 10.6 Å². The van der Waals surface area contributed by atoms with E-state index in [0.29, 0.717) is 0 Å². The zero-order valence-electron chi connectivity index (χ0n) is 13.3. The maximum absolute atomic E-state index is 13.0. The van der Waals surface area contributed by atoms with Gasteiger partial charge in [-0.1, -0.05) is 28.1 Å². The van der Waals surface area contributed by atoms with E-state index in [9.17, 15) is 4.79 Å². The second-order valence-corrected chi connectivity index (χ2v) is 7.97. The molecule has 0 radical (unpaired) electrons. The van der Waals surface area contributed by atoms with Crippen LogP contribution in [-0.2, 0) is 4.79 Å². The van der Waals surface area contributed by atoms with Crippen LogP contribution in [0.3, 0.4) is 0 Å². The molecule has 1 aromatic carbocycles. The van der Waals surface area contributed by atoms with Crippen LogP contribution in [0.25, 0.3) is 0 Å². The molecule has 1 saturated heterocycles. The van der Waals surface area contributed by atoms with E-state index in [2.05, 4.69) is 28.1 Å². The van der Waals surface area contributed by atoms with Crippen molar-refractivity contribution in [1.82, 2.24) is 4.90 Å². The Balaban J connectivity index is 2.29. The van der Waals surface area contributed by atoms with Gasteiger partial charge in [0, 0.05) is 16.6 Å². The van der Waals surface area contributed by atoms with Gasteiger partial charge in [-0.15, -0.1) is 0 Å². The summed E-state index contributed by atoms with van der Waals surface area (Å²) < 4.78 is 1.05. The zero-order valence-corrected chi connectivity index (χ0v) is 14.9. The van der Waals surface area contributed by atoms with Crippen molar-refractivity contribution in [2.75, 3.05) is 6.54 Å². The van der Waals surface area contributed by atoms with E-state index in [1.54, 1.807) is 0 Å². The number of rotatable bonds is 3. The first-order chi connectivity index (χ1) is 9.64. The highest BCUT2D eigenvalue weighted by molar-refractivity contribution is 9.10. The van der Waals surface area contributed by atoms with E-state index >= 15 is 0 Å². The summed E-state index contributed by atoms with van der Waals surface area (Å²) in [5.41, 5.74) is 6.30. The largest absolute Gasteiger partial charge is 0.335 e. The van der Waals surface area contributed by atoms with Gasteiger partial charge in [-0.2, -0.15) is 0 Å². The van der Waals surface area contributed by atoms with Crippen molar-refractivity contribution in [3.63, 3.8) is 0 Å². The number of carbonyl (C=O) groups excluding carboxylic acids is 1. The zero-order chi connectivity index (χ0) is 15.8. The van der Waals surface area contributed by atoms with Crippen LogP contribution in [0, 0.1) is 5.41 Å². The Morgan fingerprint density at radius 1 is 1.33 bits per heavy atom. The maximum Gasteiger partial charge on any atom is 0.230 e. The minimum Gasteiger partial charge on any atom is -0.335 e. The van der Waals surface area contributed by atoms with E-state index in [-0.39, 0.29) is 11.9 Å². The first kappa shape index (κ1) is 16.5. The van der Waals surface area contributed by atoms with Crippen molar-refractivity contribution >= 4 is 21.8 Å². The number of benzene rings is 1. The summed E-state index contributed by atoms with van der Waals surface area (Å²) >= 11 is 3.51. The molecule has 2 N–H and O–H groups in total. The number of nitrogens with zero attached hydrogens (tertiary/aromatic N) is 1. The molecular weight excluding hydrogens is 328 g/mol. The molecule has 1 heterocycles. The molecule has 1 aromatic rings. The lowest BCUT2D eigenvalue weighted by atomic mass is 9.74. The van der Waals surface area contributed by atoms with Crippen molar-refractivity contribution in [2.24, 2.45) is 11.1 Å². The Hall–Kier alpha value is -0.870. The fourth-order valence-corrected chi connectivity index (χ4v) is 3.12. The molecule has 1 aliphatic heterocycles. The molecule has 1 unspecified atom stereocenters. The molecule has 1 atom stereocenters. The average molecular weight is 353 g/mol. The third-order valence-corrected chi connectivity index (χ3v) is 5.39. The minimum absolute atomic E-state index is 0.150. The molecule has 0 saturated carbocycles. The predicted octanol–water partition coefficient (Wildman–Crippen LogP) is 3.88. The molecule has 1 aliphatic rings. The highest BCUT2D eigenvalue weighted by atomic mass is 79.9. The number of amides is 1. The van der Waals surface area contributed by atoms with Crippen LogP contribution in [0.5, 0.6) is 0 Å². The number of halogens is 1. The van der Waals surface area contributed by atoms with Crippen molar-refractivity contribution in [3.05, 3.63) is 34.3 Å². The monoisotopic (exact) mass is 352 g/mol. The summed E-state index contributed by atoms with van der Waals surface area (Å²) in [5, 5.41) is 0. The predicted molar refractivity (Wildman–Crippen MR) is 89.9 cm³/mol. The molecule has 0 spiro atoms. The van der Waals surface area contributed by atoms with Gasteiger partial charge in [0.05, 0.1) is 11.5 Å². The van der Waals surface area contributed by atoms with Crippen LogP contribution in [0.15, 0.2) is 28.7 Å². The Labute approximate surface area is 136 Å². The number of nitrogens with two attached hydrogens (primary N) is 1. The Morgan fingerprint density at radius 3 is 2.57 bits per heavy atom. The molecule has 0 bridgehead atoms. The van der Waals surface area contributed by atoms with Crippen molar-refractivity contribution in [2.45, 2.75) is 52.1 Å². The lowest BCUT2D eigenvalue weighted by Crippen LogP contribution is -2.56. The number of hydrogen-bond acceptors (Lipinski definition) is 2. The van der Waals surface area contributed by atoms with Gasteiger partial charge >= 0.3 is 0 Å². The van der Waals surface area contributed by atoms with Gasteiger partial charge in [0.2, 0.25) is 5.91 Å². The van der Waals surface area contributed by atoms with Crippen LogP contribution < -0.4 is 5.73 Å². The Bertz CT molecular complexity index is 534. The number of hydrogen-bond donors (Lipinski definition) is 1. The molecule has 1 fully saturated rings. The fourth-order valence-electron chi connectivity index (χ4n) is 2.70. The molecule has 1 amide bonds. The number of likely N-dealkylation sites (tertiary alicyclic amines) is 1. The molecular formula is C17H25BrN2O. The van der Waals surface area contributed by atoms with Gasteiger partial charge in [0.15, 0.2) is 0 Å². The molecule has 4 heteroatoms. The van der Waals surface area contributed by atoms with Crippen LogP contribution in [-0.4, -0.2) is 22.9 Å². The van der Waals surface area contributed by atoms with Gasteiger partial charge in [0.1, 0.15) is 0 Å². The molecule has 21 heavy (non-hydrogen) atoms. The fraction of sp³-hybridized carbons (Fsp3) is 0.588. The highest BCUT2D eigenvalue weighted by Crippen LogP contribution is 2.39. The topological polar surface area (TPSA) is 46.3 Å². The second kappa shape index (κ2) is 5.73. The average Bonchev–Trinajstić information content (AvgIpc) is 2.85. The minimum atomic E-state index is -0.582. The molecule has 3 nitrogen and oxygen atoms in total. The van der Waals surface area contributed by atoms with Gasteiger partial charge in [-0.3, -0.25) is 4.79 Å². The third kappa shape index (κ3) is 3.16. The van der Waals surface area contributed by atoms with E-state index < -0.39 is 11.0 Å². The van der Waals surface area contributed by atoms with E-state index in [0.717, 1.165) is 23.9 Å². The SMILES string of the molecule is CC(C)(N)C(C)(C)C(=O)N1CCCC1c1cccc(Br)c1. The number of carbonyl (C=O) groups is 1. The molecule has 0 aliphatic carbocycles. The lowest BCUT2D eigenvalue weighted by molar-refractivity contribution is -0.144. The standard InChI is InChI=1S/C17H25BrN2O/c1-16(2,17(3,4)19)15(21)20-10-6-9-14(20)12-7-5-8-13(18)11-12/h5,7-8,11,14H,6,9-10,19H2,1-4H3. The van der Waals surface area contributed by atoms with Crippen LogP contribution in [0.4, 0.5) is 0 Å². The maximum atomic E-state index is 13.0. The third-order valence-electron chi connectivity index (χ3n) is 4.89. The summed E-state index contributed by atoms with van der Waals surface area (Å²) in [6, 6.07) is 8.41. The van der Waals surface area contributed by atoms with Crippen LogP contribution in [0.2, 0.25) is 0 Å².